The summed E-state index contributed by atoms with van der Waals surface area (Å²) in [5.74, 6) is 2.50. The largest absolute Gasteiger partial charge is 0.497 e. The molecule has 2 heterocycles. The number of carbonyl (C=O) groups is 1. The van der Waals surface area contributed by atoms with Crippen LogP contribution in [-0.2, 0) is 0 Å². The number of anilines is 2. The van der Waals surface area contributed by atoms with Gasteiger partial charge in [-0.1, -0.05) is 0 Å². The molecule has 3 N–H and O–H groups in total. The smallest absolute Gasteiger partial charge is 0.319 e. The molecule has 3 rings (SSSR count). The fourth-order valence-corrected chi connectivity index (χ4v) is 2.84. The number of nitrogens with one attached hydrogen (secondary N) is 3. The Morgan fingerprint density at radius 1 is 1.00 bits per heavy atom. The molecule has 0 saturated carbocycles. The predicted octanol–water partition coefficient (Wildman–Crippen LogP) is 2.53. The standard InChI is InChI=1S/C20H25N7O3/c1-13-7-14(2)27(26-13)19-11-18(23-12-24-19)21-5-6-22-20(28)25-15-8-16(29-3)10-17(9-15)30-4/h7-12H,5-6H2,1-4H3,(H,21,23,24)(H2,22,25,28). The molecule has 0 unspecified atom stereocenters. The highest BCUT2D eigenvalue weighted by Gasteiger charge is 2.08. The molecule has 10 nitrogen and oxygen atoms in total. The van der Waals surface area contributed by atoms with E-state index in [1.54, 1.807) is 37.1 Å². The molecule has 0 aliphatic carbocycles. The third kappa shape index (κ3) is 5.37. The van der Waals surface area contributed by atoms with E-state index in [0.29, 0.717) is 41.9 Å². The number of hydrogen-bond donors (Lipinski definition) is 3. The third-order valence-electron chi connectivity index (χ3n) is 4.21. The zero-order valence-corrected chi connectivity index (χ0v) is 17.4. The number of nitrogens with zero attached hydrogens (tertiary/aromatic N) is 4. The summed E-state index contributed by atoms with van der Waals surface area (Å²) in [7, 11) is 3.11. The molecule has 0 spiro atoms. The lowest BCUT2D eigenvalue weighted by Crippen LogP contribution is -2.32. The number of benzene rings is 1. The molecule has 0 bridgehead atoms. The summed E-state index contributed by atoms with van der Waals surface area (Å²) in [5, 5.41) is 13.1. The number of hydrogen-bond acceptors (Lipinski definition) is 7. The van der Waals surface area contributed by atoms with E-state index in [2.05, 4.69) is 31.0 Å². The van der Waals surface area contributed by atoms with Crippen LogP contribution in [0.4, 0.5) is 16.3 Å². The molecule has 2 aromatic heterocycles. The van der Waals surface area contributed by atoms with Crippen molar-refractivity contribution in [1.82, 2.24) is 25.1 Å². The van der Waals surface area contributed by atoms with Crippen LogP contribution >= 0.6 is 0 Å². The van der Waals surface area contributed by atoms with E-state index in [0.717, 1.165) is 11.4 Å². The van der Waals surface area contributed by atoms with Crippen LogP contribution in [0.2, 0.25) is 0 Å². The maximum Gasteiger partial charge on any atom is 0.319 e. The highest BCUT2D eigenvalue weighted by atomic mass is 16.5. The monoisotopic (exact) mass is 411 g/mol. The van der Waals surface area contributed by atoms with Crippen molar-refractivity contribution in [2.45, 2.75) is 13.8 Å². The molecule has 1 aromatic carbocycles. The second-order valence-electron chi connectivity index (χ2n) is 6.51. The first-order valence-electron chi connectivity index (χ1n) is 9.36. The first-order chi connectivity index (χ1) is 14.5. The van der Waals surface area contributed by atoms with Crippen LogP contribution in [0.25, 0.3) is 5.82 Å². The van der Waals surface area contributed by atoms with Crippen molar-refractivity contribution in [3.63, 3.8) is 0 Å². The van der Waals surface area contributed by atoms with Gasteiger partial charge in [0, 0.05) is 48.7 Å². The third-order valence-corrected chi connectivity index (χ3v) is 4.21. The fourth-order valence-electron chi connectivity index (χ4n) is 2.84. The lowest BCUT2D eigenvalue weighted by atomic mass is 10.3. The minimum Gasteiger partial charge on any atom is -0.497 e. The number of aromatic nitrogens is 4. The first kappa shape index (κ1) is 20.9. The number of carbonyl (C=O) groups excluding carboxylic acids is 1. The van der Waals surface area contributed by atoms with Crippen molar-refractivity contribution in [2.75, 3.05) is 37.9 Å². The second-order valence-corrected chi connectivity index (χ2v) is 6.51. The van der Waals surface area contributed by atoms with E-state index >= 15 is 0 Å². The van der Waals surface area contributed by atoms with Crippen LogP contribution < -0.4 is 25.4 Å². The molecular weight excluding hydrogens is 386 g/mol. The molecule has 30 heavy (non-hydrogen) atoms. The minimum absolute atomic E-state index is 0.335. The molecule has 0 fully saturated rings. The molecule has 2 amide bonds. The van der Waals surface area contributed by atoms with Crippen molar-refractivity contribution in [3.05, 3.63) is 48.0 Å². The number of urea groups is 1. The van der Waals surface area contributed by atoms with Crippen molar-refractivity contribution in [3.8, 4) is 17.3 Å². The van der Waals surface area contributed by atoms with Crippen molar-refractivity contribution >= 4 is 17.5 Å². The van der Waals surface area contributed by atoms with E-state index in [9.17, 15) is 4.79 Å². The molecule has 0 atom stereocenters. The fraction of sp³-hybridized carbons (Fsp3) is 0.300. The Morgan fingerprint density at radius 2 is 1.73 bits per heavy atom. The van der Waals surface area contributed by atoms with Gasteiger partial charge in [0.05, 0.1) is 19.9 Å². The molecule has 0 saturated heterocycles. The number of aryl methyl sites for hydroxylation is 2. The van der Waals surface area contributed by atoms with Crippen LogP contribution in [0.1, 0.15) is 11.4 Å². The Kier molecular flexibility index (Phi) is 6.68. The van der Waals surface area contributed by atoms with Crippen LogP contribution in [0.5, 0.6) is 11.5 Å². The maximum absolute atomic E-state index is 12.1. The van der Waals surface area contributed by atoms with E-state index < -0.39 is 0 Å². The highest BCUT2D eigenvalue weighted by molar-refractivity contribution is 5.89. The van der Waals surface area contributed by atoms with E-state index in [-0.39, 0.29) is 6.03 Å². The topological polar surface area (TPSA) is 115 Å². The summed E-state index contributed by atoms with van der Waals surface area (Å²) in [4.78, 5) is 20.6. The molecule has 0 aliphatic heterocycles. The number of ether oxygens (including phenoxy) is 2. The van der Waals surface area contributed by atoms with Crippen LogP contribution in [0.15, 0.2) is 36.7 Å². The molecule has 158 valence electrons. The van der Waals surface area contributed by atoms with Gasteiger partial charge in [-0.3, -0.25) is 0 Å². The van der Waals surface area contributed by atoms with Crippen molar-refractivity contribution in [2.24, 2.45) is 0 Å². The van der Waals surface area contributed by atoms with Gasteiger partial charge in [0.2, 0.25) is 0 Å². The lowest BCUT2D eigenvalue weighted by molar-refractivity contribution is 0.252. The molecule has 10 heteroatoms. The van der Waals surface area contributed by atoms with Crippen molar-refractivity contribution < 1.29 is 14.3 Å². The highest BCUT2D eigenvalue weighted by Crippen LogP contribution is 2.25. The second kappa shape index (κ2) is 9.59. The molecule has 0 radical (unpaired) electrons. The quantitative estimate of drug-likeness (QED) is 0.488. The number of amides is 2. The Morgan fingerprint density at radius 3 is 2.37 bits per heavy atom. The summed E-state index contributed by atoms with van der Waals surface area (Å²) in [6, 6.07) is 8.61. The number of rotatable bonds is 8. The van der Waals surface area contributed by atoms with Gasteiger partial charge in [-0.15, -0.1) is 0 Å². The molecular formula is C20H25N7O3. The van der Waals surface area contributed by atoms with Gasteiger partial charge < -0.3 is 25.4 Å². The van der Waals surface area contributed by atoms with E-state index in [1.165, 1.54) is 6.33 Å². The summed E-state index contributed by atoms with van der Waals surface area (Å²) < 4.78 is 12.2. The summed E-state index contributed by atoms with van der Waals surface area (Å²) in [5.41, 5.74) is 2.48. The van der Waals surface area contributed by atoms with Gasteiger partial charge in [-0.05, 0) is 19.9 Å². The molecule has 3 aromatic rings. The van der Waals surface area contributed by atoms with Crippen molar-refractivity contribution in [1.29, 1.82) is 0 Å². The SMILES string of the molecule is COc1cc(NC(=O)NCCNc2cc(-n3nc(C)cc3C)ncn2)cc(OC)c1. The van der Waals surface area contributed by atoms with Gasteiger partial charge in [-0.2, -0.15) is 5.10 Å². The predicted molar refractivity (Wildman–Crippen MR) is 114 cm³/mol. The first-order valence-corrected chi connectivity index (χ1v) is 9.36. The average molecular weight is 411 g/mol. The van der Waals surface area contributed by atoms with Gasteiger partial charge in [0.25, 0.3) is 0 Å². The minimum atomic E-state index is -0.335. The summed E-state index contributed by atoms with van der Waals surface area (Å²) in [6.07, 6.45) is 1.48. The summed E-state index contributed by atoms with van der Waals surface area (Å²) >= 11 is 0. The Bertz CT molecular complexity index is 997. The zero-order chi connectivity index (χ0) is 21.5. The van der Waals surface area contributed by atoms with Crippen LogP contribution in [0, 0.1) is 13.8 Å². The van der Waals surface area contributed by atoms with Gasteiger partial charge in [-0.25, -0.2) is 19.4 Å². The Hall–Kier alpha value is -3.82. The van der Waals surface area contributed by atoms with Gasteiger partial charge in [0.1, 0.15) is 23.6 Å². The van der Waals surface area contributed by atoms with Gasteiger partial charge in [0.15, 0.2) is 5.82 Å². The maximum atomic E-state index is 12.1. The normalized spacial score (nSPS) is 10.4. The van der Waals surface area contributed by atoms with Crippen LogP contribution in [0.3, 0.4) is 0 Å². The molecule has 0 aliphatic rings. The Labute approximate surface area is 174 Å². The number of methoxy groups -OCH3 is 2. The Balaban J connectivity index is 1.50. The lowest BCUT2D eigenvalue weighted by Gasteiger charge is -2.11. The van der Waals surface area contributed by atoms with E-state index in [1.807, 2.05) is 26.0 Å². The van der Waals surface area contributed by atoms with Crippen LogP contribution in [-0.4, -0.2) is 53.1 Å². The summed E-state index contributed by atoms with van der Waals surface area (Å²) in [6.45, 7) is 4.78. The zero-order valence-electron chi connectivity index (χ0n) is 17.4. The average Bonchev–Trinajstić information content (AvgIpc) is 3.09. The van der Waals surface area contributed by atoms with Gasteiger partial charge >= 0.3 is 6.03 Å². The van der Waals surface area contributed by atoms with E-state index in [4.69, 9.17) is 9.47 Å².